The van der Waals surface area contributed by atoms with Crippen molar-refractivity contribution in [3.63, 3.8) is 0 Å². The van der Waals surface area contributed by atoms with Crippen LogP contribution in [-0.4, -0.2) is 33.0 Å². The highest BCUT2D eigenvalue weighted by Crippen LogP contribution is 2.34. The Hall–Kier alpha value is -2.71. The fourth-order valence-corrected chi connectivity index (χ4v) is 4.32. The van der Waals surface area contributed by atoms with Gasteiger partial charge in [-0.3, -0.25) is 4.79 Å². The molecule has 2 aromatic carbocycles. The molecule has 1 aliphatic heterocycles. The van der Waals surface area contributed by atoms with Crippen LogP contribution in [0.25, 0.3) is 0 Å². The number of carbonyl (C=O) groups excluding carboxylic acids is 1. The highest BCUT2D eigenvalue weighted by Gasteiger charge is 2.26. The number of benzene rings is 2. The second-order valence-electron chi connectivity index (χ2n) is 7.15. The molecule has 0 unspecified atom stereocenters. The second-order valence-corrected chi connectivity index (χ2v) is 8.53. The van der Waals surface area contributed by atoms with Gasteiger partial charge in [0.15, 0.2) is 11.0 Å². The minimum absolute atomic E-state index is 0.102. The number of halogens is 1. The molecule has 31 heavy (non-hydrogen) atoms. The van der Waals surface area contributed by atoms with E-state index >= 15 is 0 Å². The third kappa shape index (κ3) is 5.14. The Kier molecular flexibility index (Phi) is 6.67. The molecule has 1 atom stereocenters. The van der Waals surface area contributed by atoms with Crippen LogP contribution in [0.5, 0.6) is 11.5 Å². The highest BCUT2D eigenvalue weighted by atomic mass is 35.5. The number of nitrogens with zero attached hydrogens (tertiary/aromatic N) is 3. The van der Waals surface area contributed by atoms with Gasteiger partial charge in [0.1, 0.15) is 24.7 Å². The number of nitrogens with one attached hydrogen (secondary N) is 1. The first-order chi connectivity index (χ1) is 15.0. The predicted molar refractivity (Wildman–Crippen MR) is 120 cm³/mol. The number of thioether (sulfide) groups is 1. The van der Waals surface area contributed by atoms with Crippen LogP contribution in [0.15, 0.2) is 47.6 Å². The van der Waals surface area contributed by atoms with Gasteiger partial charge in [-0.05, 0) is 44.2 Å². The lowest BCUT2D eigenvalue weighted by Gasteiger charge is -2.12. The van der Waals surface area contributed by atoms with Gasteiger partial charge >= 0.3 is 0 Å². The van der Waals surface area contributed by atoms with E-state index in [1.807, 2.05) is 54.8 Å². The standard InChI is InChI=1S/C22H23ClN4O3S/c1-3-27-20(12-29-16-7-4-14(2)5-8-16)25-26-22(27)31-13-21(28)24-18-11-30-19-9-6-15(23)10-17(18)19/h4-10,18H,3,11-13H2,1-2H3,(H,24,28)/t18-/m0/s1. The van der Waals surface area contributed by atoms with E-state index in [1.54, 1.807) is 6.07 Å². The topological polar surface area (TPSA) is 78.3 Å². The van der Waals surface area contributed by atoms with Crippen molar-refractivity contribution in [3.8, 4) is 11.5 Å². The molecule has 0 radical (unpaired) electrons. The van der Waals surface area contributed by atoms with Gasteiger partial charge in [-0.1, -0.05) is 41.1 Å². The number of hydrogen-bond donors (Lipinski definition) is 1. The third-order valence-electron chi connectivity index (χ3n) is 4.92. The summed E-state index contributed by atoms with van der Waals surface area (Å²) in [6, 6.07) is 13.1. The van der Waals surface area contributed by atoms with Crippen molar-refractivity contribution in [3.05, 3.63) is 64.4 Å². The van der Waals surface area contributed by atoms with Crippen molar-refractivity contribution in [1.82, 2.24) is 20.1 Å². The Morgan fingerprint density at radius 2 is 2.10 bits per heavy atom. The lowest BCUT2D eigenvalue weighted by atomic mass is 10.1. The van der Waals surface area contributed by atoms with Gasteiger partial charge in [0.25, 0.3) is 0 Å². The summed E-state index contributed by atoms with van der Waals surface area (Å²) in [6.45, 7) is 5.45. The molecular formula is C22H23ClN4O3S. The normalized spacial score (nSPS) is 14.7. The molecule has 7 nitrogen and oxygen atoms in total. The number of aryl methyl sites for hydroxylation is 1. The summed E-state index contributed by atoms with van der Waals surface area (Å²) in [6.07, 6.45) is 0. The molecule has 2 heterocycles. The van der Waals surface area contributed by atoms with E-state index in [0.29, 0.717) is 29.9 Å². The Bertz CT molecular complexity index is 1070. The molecule has 0 aliphatic carbocycles. The van der Waals surface area contributed by atoms with Crippen molar-refractivity contribution in [2.24, 2.45) is 0 Å². The van der Waals surface area contributed by atoms with E-state index in [0.717, 1.165) is 22.9 Å². The zero-order valence-electron chi connectivity index (χ0n) is 17.3. The number of carbonyl (C=O) groups is 1. The molecule has 162 valence electrons. The van der Waals surface area contributed by atoms with Crippen molar-refractivity contribution >= 4 is 29.3 Å². The van der Waals surface area contributed by atoms with Crippen LogP contribution in [0.4, 0.5) is 0 Å². The lowest BCUT2D eigenvalue weighted by Crippen LogP contribution is -2.30. The molecule has 0 spiro atoms. The summed E-state index contributed by atoms with van der Waals surface area (Å²) in [5, 5.41) is 12.8. The lowest BCUT2D eigenvalue weighted by molar-refractivity contribution is -0.119. The summed E-state index contributed by atoms with van der Waals surface area (Å²) >= 11 is 7.42. The molecular weight excluding hydrogens is 436 g/mol. The van der Waals surface area contributed by atoms with Crippen LogP contribution in [0, 0.1) is 6.92 Å². The van der Waals surface area contributed by atoms with E-state index in [-0.39, 0.29) is 17.7 Å². The van der Waals surface area contributed by atoms with Crippen LogP contribution >= 0.6 is 23.4 Å². The maximum absolute atomic E-state index is 12.5. The number of hydrogen-bond acceptors (Lipinski definition) is 6. The van der Waals surface area contributed by atoms with Crippen LogP contribution in [0.2, 0.25) is 5.02 Å². The number of rotatable bonds is 8. The molecule has 0 fully saturated rings. The van der Waals surface area contributed by atoms with Crippen LogP contribution in [0.3, 0.4) is 0 Å². The molecule has 3 aromatic rings. The van der Waals surface area contributed by atoms with Crippen LogP contribution < -0.4 is 14.8 Å². The predicted octanol–water partition coefficient (Wildman–Crippen LogP) is 4.18. The van der Waals surface area contributed by atoms with E-state index in [1.165, 1.54) is 17.3 Å². The third-order valence-corrected chi connectivity index (χ3v) is 6.12. The summed E-state index contributed by atoms with van der Waals surface area (Å²) in [7, 11) is 0. The first kappa shape index (κ1) is 21.5. The number of fused-ring (bicyclic) bond motifs is 1. The number of amides is 1. The molecule has 1 amide bonds. The summed E-state index contributed by atoms with van der Waals surface area (Å²) < 4.78 is 13.4. The molecule has 0 bridgehead atoms. The average Bonchev–Trinajstić information content (AvgIpc) is 3.35. The largest absolute Gasteiger partial charge is 0.491 e. The fraction of sp³-hybridized carbons (Fsp3) is 0.318. The Balaban J connectivity index is 1.33. The molecule has 1 N–H and O–H groups in total. The molecule has 1 aromatic heterocycles. The summed E-state index contributed by atoms with van der Waals surface area (Å²) in [4.78, 5) is 12.5. The number of ether oxygens (including phenoxy) is 2. The van der Waals surface area contributed by atoms with Gasteiger partial charge in [0.05, 0.1) is 11.8 Å². The fourth-order valence-electron chi connectivity index (χ4n) is 3.30. The van der Waals surface area contributed by atoms with E-state index < -0.39 is 0 Å². The van der Waals surface area contributed by atoms with Crippen molar-refractivity contribution in [2.45, 2.75) is 38.2 Å². The highest BCUT2D eigenvalue weighted by molar-refractivity contribution is 7.99. The van der Waals surface area contributed by atoms with Gasteiger partial charge in [0, 0.05) is 17.1 Å². The maximum Gasteiger partial charge on any atom is 0.231 e. The number of aromatic nitrogens is 3. The minimum atomic E-state index is -0.204. The summed E-state index contributed by atoms with van der Waals surface area (Å²) in [5.41, 5.74) is 2.08. The molecule has 4 rings (SSSR count). The zero-order valence-corrected chi connectivity index (χ0v) is 18.9. The SMILES string of the molecule is CCn1c(COc2ccc(C)cc2)nnc1SCC(=O)N[C@H]1COc2ccc(Cl)cc21. The monoisotopic (exact) mass is 458 g/mol. The maximum atomic E-state index is 12.5. The molecule has 0 saturated heterocycles. The molecule has 0 saturated carbocycles. The quantitative estimate of drug-likeness (QED) is 0.510. The van der Waals surface area contributed by atoms with Gasteiger partial charge in [-0.15, -0.1) is 10.2 Å². The van der Waals surface area contributed by atoms with Crippen LogP contribution in [-0.2, 0) is 17.9 Å². The van der Waals surface area contributed by atoms with E-state index in [4.69, 9.17) is 21.1 Å². The molecule has 9 heteroatoms. The minimum Gasteiger partial charge on any atom is -0.491 e. The van der Waals surface area contributed by atoms with Gasteiger partial charge < -0.3 is 19.4 Å². The van der Waals surface area contributed by atoms with Crippen molar-refractivity contribution < 1.29 is 14.3 Å². The van der Waals surface area contributed by atoms with Gasteiger partial charge in [-0.2, -0.15) is 0 Å². The first-order valence-electron chi connectivity index (χ1n) is 9.99. The van der Waals surface area contributed by atoms with Crippen molar-refractivity contribution in [2.75, 3.05) is 12.4 Å². The smallest absolute Gasteiger partial charge is 0.231 e. The van der Waals surface area contributed by atoms with E-state index in [9.17, 15) is 4.79 Å². The summed E-state index contributed by atoms with van der Waals surface area (Å²) in [5.74, 6) is 2.38. The van der Waals surface area contributed by atoms with E-state index in [2.05, 4.69) is 15.5 Å². The second kappa shape index (κ2) is 9.62. The first-order valence-corrected chi connectivity index (χ1v) is 11.4. The van der Waals surface area contributed by atoms with Gasteiger partial charge in [-0.25, -0.2) is 0 Å². The molecule has 1 aliphatic rings. The van der Waals surface area contributed by atoms with Gasteiger partial charge in [0.2, 0.25) is 5.91 Å². The zero-order chi connectivity index (χ0) is 21.8. The Morgan fingerprint density at radius 3 is 2.87 bits per heavy atom. The van der Waals surface area contributed by atoms with Crippen LogP contribution in [0.1, 0.15) is 29.9 Å². The Labute approximate surface area is 190 Å². The average molecular weight is 459 g/mol. The Morgan fingerprint density at radius 1 is 1.29 bits per heavy atom. The van der Waals surface area contributed by atoms with Crippen molar-refractivity contribution in [1.29, 1.82) is 0 Å².